The number of halogens is 2. The Hall–Kier alpha value is -3.49. The maximum Gasteiger partial charge on any atom is 0.276 e. The van der Waals surface area contributed by atoms with Crippen LogP contribution in [0.5, 0.6) is 5.75 Å². The molecule has 0 aliphatic carbocycles. The van der Waals surface area contributed by atoms with E-state index in [9.17, 15) is 23.2 Å². The molecule has 3 N–H and O–H groups in total. The van der Waals surface area contributed by atoms with Gasteiger partial charge in [-0.05, 0) is 43.2 Å². The summed E-state index contributed by atoms with van der Waals surface area (Å²) in [7, 11) is 0. The molecule has 154 valence electrons. The third-order valence-corrected chi connectivity index (χ3v) is 3.86. The number of ether oxygens (including phenoxy) is 1. The minimum atomic E-state index is -0.997. The average molecular weight is 405 g/mol. The summed E-state index contributed by atoms with van der Waals surface area (Å²) in [6.07, 6.45) is -0.160. The molecule has 0 saturated carbocycles. The number of benzene rings is 2. The predicted molar refractivity (Wildman–Crippen MR) is 101 cm³/mol. The number of carbonyl (C=O) groups is 3. The van der Waals surface area contributed by atoms with E-state index in [0.717, 1.165) is 23.3 Å². The monoisotopic (exact) mass is 405 g/mol. The molecule has 9 heteroatoms. The smallest absolute Gasteiger partial charge is 0.276 e. The summed E-state index contributed by atoms with van der Waals surface area (Å²) in [5.41, 5.74) is 5.91. The normalized spacial score (nSPS) is 10.2. The average Bonchev–Trinajstić information content (AvgIpc) is 2.67. The van der Waals surface area contributed by atoms with Gasteiger partial charge < -0.3 is 10.1 Å². The summed E-state index contributed by atoms with van der Waals surface area (Å²) in [6, 6.07) is 8.16. The molecule has 0 aliphatic rings. The Morgan fingerprint density at radius 2 is 1.69 bits per heavy atom. The van der Waals surface area contributed by atoms with Crippen LogP contribution in [0.1, 0.15) is 27.9 Å². The minimum Gasteiger partial charge on any atom is -0.483 e. The van der Waals surface area contributed by atoms with Gasteiger partial charge in [0.05, 0.1) is 5.56 Å². The fourth-order valence-electron chi connectivity index (χ4n) is 2.30. The second-order valence-electron chi connectivity index (χ2n) is 6.28. The van der Waals surface area contributed by atoms with E-state index in [1.165, 1.54) is 0 Å². The number of amides is 3. The summed E-state index contributed by atoms with van der Waals surface area (Å²) >= 11 is 0. The lowest BCUT2D eigenvalue weighted by Gasteiger charge is -2.11. The molecule has 2 aromatic carbocycles. The molecule has 2 rings (SSSR count). The van der Waals surface area contributed by atoms with Crippen molar-refractivity contribution in [2.45, 2.75) is 20.3 Å². The molecular weight excluding hydrogens is 384 g/mol. The Bertz CT molecular complexity index is 919. The van der Waals surface area contributed by atoms with Crippen LogP contribution in [-0.4, -0.2) is 30.9 Å². The molecule has 2 aromatic rings. The molecule has 0 spiro atoms. The van der Waals surface area contributed by atoms with Crippen molar-refractivity contribution in [3.63, 3.8) is 0 Å². The van der Waals surface area contributed by atoms with Crippen LogP contribution >= 0.6 is 0 Å². The van der Waals surface area contributed by atoms with E-state index in [0.29, 0.717) is 11.8 Å². The fraction of sp³-hybridized carbons (Fsp3) is 0.250. The van der Waals surface area contributed by atoms with Crippen molar-refractivity contribution in [3.8, 4) is 5.75 Å². The molecule has 0 aromatic heterocycles. The highest BCUT2D eigenvalue weighted by molar-refractivity contribution is 5.94. The first kappa shape index (κ1) is 21.8. The summed E-state index contributed by atoms with van der Waals surface area (Å²) in [4.78, 5) is 35.3. The quantitative estimate of drug-likeness (QED) is 0.614. The molecule has 3 amide bonds. The van der Waals surface area contributed by atoms with Crippen molar-refractivity contribution in [2.24, 2.45) is 0 Å². The van der Waals surface area contributed by atoms with Gasteiger partial charge >= 0.3 is 0 Å². The molecule has 0 unspecified atom stereocenters. The second-order valence-corrected chi connectivity index (χ2v) is 6.28. The Morgan fingerprint density at radius 3 is 2.41 bits per heavy atom. The SMILES string of the molecule is Cc1ccc(C)c(OCC(=O)NNC(=O)CCNC(=O)c2ccc(F)cc2F)c1. The maximum atomic E-state index is 13.5. The second kappa shape index (κ2) is 10.2. The predicted octanol–water partition coefficient (Wildman–Crippen LogP) is 1.93. The Morgan fingerprint density at radius 1 is 0.966 bits per heavy atom. The van der Waals surface area contributed by atoms with Crippen LogP contribution in [0.3, 0.4) is 0 Å². The fourth-order valence-corrected chi connectivity index (χ4v) is 2.30. The lowest BCUT2D eigenvalue weighted by molar-refractivity contribution is -0.129. The van der Waals surface area contributed by atoms with Gasteiger partial charge in [-0.3, -0.25) is 25.2 Å². The van der Waals surface area contributed by atoms with Gasteiger partial charge in [0.25, 0.3) is 11.8 Å². The van der Waals surface area contributed by atoms with Gasteiger partial charge in [0.15, 0.2) is 6.61 Å². The number of carbonyl (C=O) groups excluding carboxylic acids is 3. The zero-order chi connectivity index (χ0) is 21.4. The Kier molecular flexibility index (Phi) is 7.64. The van der Waals surface area contributed by atoms with Gasteiger partial charge in [-0.15, -0.1) is 0 Å². The highest BCUT2D eigenvalue weighted by Gasteiger charge is 2.13. The molecular formula is C20H21F2N3O4. The van der Waals surface area contributed by atoms with Crippen molar-refractivity contribution < 1.29 is 27.9 Å². The lowest BCUT2D eigenvalue weighted by atomic mass is 10.1. The minimum absolute atomic E-state index is 0.101. The topological polar surface area (TPSA) is 96.5 Å². The Labute approximate surface area is 166 Å². The third-order valence-electron chi connectivity index (χ3n) is 3.86. The molecule has 0 radical (unpaired) electrons. The van der Waals surface area contributed by atoms with Gasteiger partial charge in [0.1, 0.15) is 17.4 Å². The zero-order valence-corrected chi connectivity index (χ0v) is 16.0. The molecule has 0 saturated heterocycles. The number of hydrazine groups is 1. The standard InChI is InChI=1S/C20H21F2N3O4/c1-12-3-4-13(2)17(9-12)29-11-19(27)25-24-18(26)7-8-23-20(28)15-6-5-14(21)10-16(15)22/h3-6,9-10H,7-8,11H2,1-2H3,(H,23,28)(H,24,26)(H,25,27). The van der Waals surface area contributed by atoms with Crippen LogP contribution in [0, 0.1) is 25.5 Å². The number of rotatable bonds is 7. The first-order chi connectivity index (χ1) is 13.8. The van der Waals surface area contributed by atoms with E-state index in [1.807, 2.05) is 26.0 Å². The van der Waals surface area contributed by atoms with Crippen molar-refractivity contribution in [2.75, 3.05) is 13.2 Å². The number of hydrogen-bond donors (Lipinski definition) is 3. The largest absolute Gasteiger partial charge is 0.483 e. The molecule has 7 nitrogen and oxygen atoms in total. The van der Waals surface area contributed by atoms with Crippen LogP contribution in [0.15, 0.2) is 36.4 Å². The highest BCUT2D eigenvalue weighted by Crippen LogP contribution is 2.18. The first-order valence-corrected chi connectivity index (χ1v) is 8.77. The Balaban J connectivity index is 1.68. The maximum absolute atomic E-state index is 13.5. The highest BCUT2D eigenvalue weighted by atomic mass is 19.1. The van der Waals surface area contributed by atoms with Crippen LogP contribution in [-0.2, 0) is 9.59 Å². The molecule has 29 heavy (non-hydrogen) atoms. The van der Waals surface area contributed by atoms with Gasteiger partial charge in [0, 0.05) is 19.0 Å². The van der Waals surface area contributed by atoms with Crippen LogP contribution in [0.2, 0.25) is 0 Å². The van der Waals surface area contributed by atoms with Crippen molar-refractivity contribution in [3.05, 3.63) is 64.7 Å². The zero-order valence-electron chi connectivity index (χ0n) is 16.0. The van der Waals surface area contributed by atoms with E-state index in [4.69, 9.17) is 4.74 Å². The van der Waals surface area contributed by atoms with Gasteiger partial charge in [0.2, 0.25) is 5.91 Å². The van der Waals surface area contributed by atoms with Crippen molar-refractivity contribution in [1.29, 1.82) is 0 Å². The van der Waals surface area contributed by atoms with Crippen molar-refractivity contribution >= 4 is 17.7 Å². The third kappa shape index (κ3) is 6.87. The number of nitrogens with one attached hydrogen (secondary N) is 3. The lowest BCUT2D eigenvalue weighted by Crippen LogP contribution is -2.44. The van der Waals surface area contributed by atoms with Gasteiger partial charge in [-0.1, -0.05) is 12.1 Å². The summed E-state index contributed by atoms with van der Waals surface area (Å²) in [6.45, 7) is 3.36. The number of hydrogen-bond acceptors (Lipinski definition) is 4. The van der Waals surface area contributed by atoms with E-state index in [-0.39, 0.29) is 25.1 Å². The van der Waals surface area contributed by atoms with Crippen LogP contribution in [0.25, 0.3) is 0 Å². The van der Waals surface area contributed by atoms with E-state index >= 15 is 0 Å². The number of aryl methyl sites for hydroxylation is 2. The van der Waals surface area contributed by atoms with Gasteiger partial charge in [-0.2, -0.15) is 0 Å². The molecule has 0 bridgehead atoms. The van der Waals surface area contributed by atoms with E-state index in [1.54, 1.807) is 6.07 Å². The molecule has 0 atom stereocenters. The van der Waals surface area contributed by atoms with Crippen molar-refractivity contribution in [1.82, 2.24) is 16.2 Å². The first-order valence-electron chi connectivity index (χ1n) is 8.77. The van der Waals surface area contributed by atoms with Crippen LogP contribution in [0.4, 0.5) is 8.78 Å². The summed E-state index contributed by atoms with van der Waals surface area (Å²) < 4.78 is 31.7. The summed E-state index contributed by atoms with van der Waals surface area (Å²) in [5.74, 6) is -3.12. The summed E-state index contributed by atoms with van der Waals surface area (Å²) in [5, 5.41) is 2.34. The molecule has 0 fully saturated rings. The van der Waals surface area contributed by atoms with E-state index < -0.39 is 29.4 Å². The molecule has 0 heterocycles. The van der Waals surface area contributed by atoms with E-state index in [2.05, 4.69) is 16.2 Å². The van der Waals surface area contributed by atoms with Crippen LogP contribution < -0.4 is 20.9 Å². The van der Waals surface area contributed by atoms with Gasteiger partial charge in [-0.25, -0.2) is 8.78 Å². The molecule has 0 aliphatic heterocycles.